The van der Waals surface area contributed by atoms with Gasteiger partial charge < -0.3 is 4.74 Å². The van der Waals surface area contributed by atoms with Gasteiger partial charge in [0, 0.05) is 5.88 Å². The summed E-state index contributed by atoms with van der Waals surface area (Å²) in [7, 11) is 0. The zero-order valence-electron chi connectivity index (χ0n) is 4.36. The van der Waals surface area contributed by atoms with E-state index in [1.165, 1.54) is 0 Å². The summed E-state index contributed by atoms with van der Waals surface area (Å²) in [6.45, 7) is 2.07. The zero-order chi connectivity index (χ0) is 5.28. The van der Waals surface area contributed by atoms with Crippen LogP contribution in [-0.4, -0.2) is 18.1 Å². The van der Waals surface area contributed by atoms with Gasteiger partial charge in [0.1, 0.15) is 0 Å². The summed E-state index contributed by atoms with van der Waals surface area (Å²) in [4.78, 5) is 0. The molecule has 1 unspecified atom stereocenters. The number of ether oxygens (including phenoxy) is 1. The van der Waals surface area contributed by atoms with Crippen LogP contribution in [0, 0.1) is 0 Å². The second kappa shape index (κ2) is 2.01. The Kier molecular flexibility index (Phi) is 1.55. The van der Waals surface area contributed by atoms with E-state index in [0.717, 1.165) is 12.3 Å². The van der Waals surface area contributed by atoms with Gasteiger partial charge in [-0.25, -0.2) is 0 Å². The summed E-state index contributed by atoms with van der Waals surface area (Å²) in [5.74, 6) is 0.731. The standard InChI is InChI=1S/C5H9ClO/c1-4-5(7-4)2-3-6/h4-5H,2-3H2,1H3/t4?,5-/m1/s1. The Morgan fingerprint density at radius 3 is 2.43 bits per heavy atom. The lowest BCUT2D eigenvalue weighted by Crippen LogP contribution is -1.88. The molecular formula is C5H9ClO. The second-order valence-electron chi connectivity index (χ2n) is 1.86. The fourth-order valence-electron chi connectivity index (χ4n) is 0.641. The molecule has 0 radical (unpaired) electrons. The third-order valence-electron chi connectivity index (χ3n) is 1.23. The highest BCUT2D eigenvalue weighted by atomic mass is 35.5. The number of hydrogen-bond donors (Lipinski definition) is 0. The van der Waals surface area contributed by atoms with E-state index in [2.05, 4.69) is 6.92 Å². The molecule has 0 aromatic carbocycles. The third kappa shape index (κ3) is 1.32. The molecule has 0 N–H and O–H groups in total. The van der Waals surface area contributed by atoms with Crippen LogP contribution in [0.5, 0.6) is 0 Å². The quantitative estimate of drug-likeness (QED) is 0.397. The molecule has 0 aromatic rings. The molecule has 7 heavy (non-hydrogen) atoms. The van der Waals surface area contributed by atoms with Crippen LogP contribution in [0.4, 0.5) is 0 Å². The van der Waals surface area contributed by atoms with Crippen molar-refractivity contribution in [2.75, 3.05) is 5.88 Å². The Balaban J connectivity index is 1.98. The molecule has 42 valence electrons. The molecule has 1 nitrogen and oxygen atoms in total. The Morgan fingerprint density at radius 1 is 1.71 bits per heavy atom. The highest BCUT2D eigenvalue weighted by molar-refractivity contribution is 6.17. The van der Waals surface area contributed by atoms with E-state index in [4.69, 9.17) is 16.3 Å². The monoisotopic (exact) mass is 120 g/mol. The lowest BCUT2D eigenvalue weighted by atomic mass is 10.3. The predicted octanol–water partition coefficient (Wildman–Crippen LogP) is 1.40. The Hall–Kier alpha value is 0.250. The van der Waals surface area contributed by atoms with Crippen molar-refractivity contribution in [1.29, 1.82) is 0 Å². The van der Waals surface area contributed by atoms with E-state index >= 15 is 0 Å². The van der Waals surface area contributed by atoms with Crippen LogP contribution in [0.15, 0.2) is 0 Å². The highest BCUT2D eigenvalue weighted by Crippen LogP contribution is 2.24. The predicted molar refractivity (Wildman–Crippen MR) is 29.7 cm³/mol. The molecule has 0 spiro atoms. The average molecular weight is 121 g/mol. The Bertz CT molecular complexity index is 65.1. The van der Waals surface area contributed by atoms with E-state index in [-0.39, 0.29) is 0 Å². The van der Waals surface area contributed by atoms with Gasteiger partial charge in [0.2, 0.25) is 0 Å². The Labute approximate surface area is 48.6 Å². The zero-order valence-corrected chi connectivity index (χ0v) is 5.11. The minimum absolute atomic E-state index is 0.484. The topological polar surface area (TPSA) is 12.5 Å². The first-order valence-corrected chi connectivity index (χ1v) is 3.09. The lowest BCUT2D eigenvalue weighted by molar-refractivity contribution is 0.375. The van der Waals surface area contributed by atoms with Crippen LogP contribution < -0.4 is 0 Å². The van der Waals surface area contributed by atoms with Gasteiger partial charge in [-0.3, -0.25) is 0 Å². The van der Waals surface area contributed by atoms with Crippen LogP contribution in [0.3, 0.4) is 0 Å². The first-order chi connectivity index (χ1) is 3.34. The molecule has 1 heterocycles. The maximum Gasteiger partial charge on any atom is 0.0850 e. The maximum absolute atomic E-state index is 5.42. The molecule has 1 saturated heterocycles. The fraction of sp³-hybridized carbons (Fsp3) is 1.00. The summed E-state index contributed by atoms with van der Waals surface area (Å²) >= 11 is 5.42. The fourth-order valence-corrected chi connectivity index (χ4v) is 0.856. The Morgan fingerprint density at radius 2 is 2.29 bits per heavy atom. The normalized spacial score (nSPS) is 38.6. The maximum atomic E-state index is 5.42. The smallest absolute Gasteiger partial charge is 0.0850 e. The minimum Gasteiger partial charge on any atom is -0.370 e. The summed E-state index contributed by atoms with van der Waals surface area (Å²) in [5.41, 5.74) is 0. The molecule has 2 atom stereocenters. The number of epoxide rings is 1. The summed E-state index contributed by atoms with van der Waals surface area (Å²) in [6.07, 6.45) is 1.99. The van der Waals surface area contributed by atoms with Gasteiger partial charge in [0.15, 0.2) is 0 Å². The van der Waals surface area contributed by atoms with Crippen LogP contribution in [0.25, 0.3) is 0 Å². The second-order valence-corrected chi connectivity index (χ2v) is 2.24. The molecule has 1 aliphatic heterocycles. The molecular weight excluding hydrogens is 112 g/mol. The van der Waals surface area contributed by atoms with E-state index in [0.29, 0.717) is 12.2 Å². The van der Waals surface area contributed by atoms with Crippen LogP contribution in [-0.2, 0) is 4.74 Å². The summed E-state index contributed by atoms with van der Waals surface area (Å²) in [6, 6.07) is 0. The highest BCUT2D eigenvalue weighted by Gasteiger charge is 2.32. The number of hydrogen-bond acceptors (Lipinski definition) is 1. The van der Waals surface area contributed by atoms with Gasteiger partial charge in [-0.05, 0) is 13.3 Å². The van der Waals surface area contributed by atoms with Crippen LogP contribution in [0.1, 0.15) is 13.3 Å². The molecule has 0 amide bonds. The van der Waals surface area contributed by atoms with E-state index in [1.807, 2.05) is 0 Å². The largest absolute Gasteiger partial charge is 0.370 e. The molecule has 2 heteroatoms. The summed E-state index contributed by atoms with van der Waals surface area (Å²) < 4.78 is 5.07. The van der Waals surface area contributed by atoms with Crippen molar-refractivity contribution in [3.63, 3.8) is 0 Å². The number of rotatable bonds is 2. The van der Waals surface area contributed by atoms with Gasteiger partial charge in [-0.15, -0.1) is 11.6 Å². The van der Waals surface area contributed by atoms with E-state index in [9.17, 15) is 0 Å². The third-order valence-corrected chi connectivity index (χ3v) is 1.45. The van der Waals surface area contributed by atoms with Crippen LogP contribution in [0.2, 0.25) is 0 Å². The van der Waals surface area contributed by atoms with Gasteiger partial charge in [0.25, 0.3) is 0 Å². The van der Waals surface area contributed by atoms with Crippen LogP contribution >= 0.6 is 11.6 Å². The first-order valence-electron chi connectivity index (χ1n) is 2.56. The van der Waals surface area contributed by atoms with Crippen molar-refractivity contribution in [2.45, 2.75) is 25.6 Å². The van der Waals surface area contributed by atoms with Crippen molar-refractivity contribution in [3.8, 4) is 0 Å². The molecule has 0 bridgehead atoms. The van der Waals surface area contributed by atoms with Gasteiger partial charge in [0.05, 0.1) is 12.2 Å². The van der Waals surface area contributed by atoms with Crippen molar-refractivity contribution in [1.82, 2.24) is 0 Å². The minimum atomic E-state index is 0.484. The lowest BCUT2D eigenvalue weighted by Gasteiger charge is -1.80. The summed E-state index contributed by atoms with van der Waals surface area (Å²) in [5, 5.41) is 0. The van der Waals surface area contributed by atoms with Gasteiger partial charge in [-0.1, -0.05) is 0 Å². The molecule has 0 saturated carbocycles. The molecule has 1 aliphatic rings. The average Bonchev–Trinajstić information content (AvgIpc) is 2.22. The number of alkyl halides is 1. The first kappa shape index (κ1) is 5.39. The molecule has 1 rings (SSSR count). The molecule has 0 aromatic heterocycles. The van der Waals surface area contributed by atoms with Crippen molar-refractivity contribution < 1.29 is 4.74 Å². The van der Waals surface area contributed by atoms with Crippen molar-refractivity contribution in [2.24, 2.45) is 0 Å². The molecule has 1 fully saturated rings. The SMILES string of the molecule is CC1O[C@@H]1CCCl. The number of halogens is 1. The van der Waals surface area contributed by atoms with E-state index in [1.54, 1.807) is 0 Å². The van der Waals surface area contributed by atoms with E-state index < -0.39 is 0 Å². The van der Waals surface area contributed by atoms with Gasteiger partial charge in [-0.2, -0.15) is 0 Å². The van der Waals surface area contributed by atoms with Gasteiger partial charge >= 0.3 is 0 Å². The molecule has 0 aliphatic carbocycles. The van der Waals surface area contributed by atoms with Crippen molar-refractivity contribution >= 4 is 11.6 Å². The van der Waals surface area contributed by atoms with Crippen molar-refractivity contribution in [3.05, 3.63) is 0 Å².